The number of rotatable bonds is 3. The molecule has 0 unspecified atom stereocenters. The summed E-state index contributed by atoms with van der Waals surface area (Å²) in [6, 6.07) is 7.78. The summed E-state index contributed by atoms with van der Waals surface area (Å²) in [6.45, 7) is 9.16. The number of hydrogen-bond donors (Lipinski definition) is 1. The van der Waals surface area contributed by atoms with Crippen LogP contribution in [0.1, 0.15) is 42.0 Å². The number of nitrogens with zero attached hydrogens (tertiary/aromatic N) is 1. The van der Waals surface area contributed by atoms with Gasteiger partial charge in [0.1, 0.15) is 0 Å². The van der Waals surface area contributed by atoms with Crippen molar-refractivity contribution in [1.82, 2.24) is 10.2 Å². The monoisotopic (exact) mass is 258 g/mol. The predicted octanol–water partition coefficient (Wildman–Crippen LogP) is 3.05. The second-order valence-electron chi connectivity index (χ2n) is 6.34. The largest absolute Gasteiger partial charge is 0.314 e. The second kappa shape index (κ2) is 5.64. The summed E-state index contributed by atoms with van der Waals surface area (Å²) >= 11 is 0. The van der Waals surface area contributed by atoms with E-state index in [0.717, 1.165) is 19.0 Å². The van der Waals surface area contributed by atoms with Gasteiger partial charge in [-0.05, 0) is 38.2 Å². The van der Waals surface area contributed by atoms with Gasteiger partial charge in [0.2, 0.25) is 0 Å². The number of piperazine rings is 1. The Morgan fingerprint density at radius 2 is 1.68 bits per heavy atom. The first-order valence-corrected chi connectivity index (χ1v) is 7.77. The van der Waals surface area contributed by atoms with Crippen LogP contribution in [0.15, 0.2) is 18.2 Å². The van der Waals surface area contributed by atoms with Crippen molar-refractivity contribution in [3.8, 4) is 0 Å². The summed E-state index contributed by atoms with van der Waals surface area (Å²) in [5.74, 6) is 0.888. The third-order valence-corrected chi connectivity index (χ3v) is 4.73. The standard InChI is InChI=1S/C17H26N2/c1-13-10-14(2)12-16(11-13)17(15-4-3-5-15)19-8-6-18-7-9-19/h10-12,15,17-18H,3-9H2,1-2H3/t17-/m0/s1. The van der Waals surface area contributed by atoms with E-state index in [1.807, 2.05) is 0 Å². The van der Waals surface area contributed by atoms with Gasteiger partial charge in [-0.25, -0.2) is 0 Å². The van der Waals surface area contributed by atoms with Crippen molar-refractivity contribution in [3.63, 3.8) is 0 Å². The first kappa shape index (κ1) is 13.1. The van der Waals surface area contributed by atoms with E-state index >= 15 is 0 Å². The second-order valence-corrected chi connectivity index (χ2v) is 6.34. The van der Waals surface area contributed by atoms with Gasteiger partial charge in [0, 0.05) is 32.2 Å². The van der Waals surface area contributed by atoms with E-state index < -0.39 is 0 Å². The molecule has 0 aromatic heterocycles. The minimum absolute atomic E-state index is 0.662. The molecule has 1 atom stereocenters. The third-order valence-electron chi connectivity index (χ3n) is 4.73. The lowest BCUT2D eigenvalue weighted by molar-refractivity contribution is 0.0836. The fraction of sp³-hybridized carbons (Fsp3) is 0.647. The van der Waals surface area contributed by atoms with Gasteiger partial charge < -0.3 is 5.32 Å². The fourth-order valence-electron chi connectivity index (χ4n) is 3.68. The molecule has 2 aliphatic rings. The van der Waals surface area contributed by atoms with Crippen molar-refractivity contribution in [2.75, 3.05) is 26.2 Å². The van der Waals surface area contributed by atoms with Gasteiger partial charge in [0.05, 0.1) is 0 Å². The first-order chi connectivity index (χ1) is 9.24. The maximum atomic E-state index is 3.48. The number of benzene rings is 1. The zero-order valence-corrected chi connectivity index (χ0v) is 12.3. The molecule has 0 bridgehead atoms. The number of aryl methyl sites for hydroxylation is 2. The van der Waals surface area contributed by atoms with Crippen LogP contribution in [0, 0.1) is 19.8 Å². The van der Waals surface area contributed by atoms with Crippen molar-refractivity contribution in [3.05, 3.63) is 34.9 Å². The first-order valence-electron chi connectivity index (χ1n) is 7.77. The van der Waals surface area contributed by atoms with Crippen molar-refractivity contribution >= 4 is 0 Å². The van der Waals surface area contributed by atoms with Crippen molar-refractivity contribution in [2.45, 2.75) is 39.2 Å². The summed E-state index contributed by atoms with van der Waals surface area (Å²) in [6.07, 6.45) is 4.27. The molecule has 1 aliphatic heterocycles. The van der Waals surface area contributed by atoms with E-state index in [2.05, 4.69) is 42.3 Å². The predicted molar refractivity (Wildman–Crippen MR) is 80.4 cm³/mol. The van der Waals surface area contributed by atoms with Gasteiger partial charge in [-0.2, -0.15) is 0 Å². The Kier molecular flexibility index (Phi) is 3.90. The Labute approximate surface area is 117 Å². The SMILES string of the molecule is Cc1cc(C)cc([C@H](C2CCC2)N2CCNCC2)c1. The van der Waals surface area contributed by atoms with Gasteiger partial charge in [-0.15, -0.1) is 0 Å². The molecule has 2 nitrogen and oxygen atoms in total. The fourth-order valence-corrected chi connectivity index (χ4v) is 3.68. The molecule has 1 aromatic carbocycles. The Morgan fingerprint density at radius 1 is 1.05 bits per heavy atom. The molecule has 0 amide bonds. The van der Waals surface area contributed by atoms with E-state index in [9.17, 15) is 0 Å². The Hall–Kier alpha value is -0.860. The van der Waals surface area contributed by atoms with E-state index in [4.69, 9.17) is 0 Å². The summed E-state index contributed by atoms with van der Waals surface area (Å²) in [7, 11) is 0. The van der Waals surface area contributed by atoms with E-state index in [0.29, 0.717) is 6.04 Å². The topological polar surface area (TPSA) is 15.3 Å². The summed E-state index contributed by atoms with van der Waals surface area (Å²) in [4.78, 5) is 2.72. The van der Waals surface area contributed by atoms with Gasteiger partial charge in [0.25, 0.3) is 0 Å². The third kappa shape index (κ3) is 2.85. The van der Waals surface area contributed by atoms with Crippen molar-refractivity contribution in [2.24, 2.45) is 5.92 Å². The van der Waals surface area contributed by atoms with Crippen LogP contribution in [-0.4, -0.2) is 31.1 Å². The number of nitrogens with one attached hydrogen (secondary N) is 1. The maximum absolute atomic E-state index is 3.48. The molecule has 2 heteroatoms. The molecule has 1 saturated carbocycles. The highest BCUT2D eigenvalue weighted by molar-refractivity contribution is 5.31. The molecule has 1 N–H and O–H groups in total. The lowest BCUT2D eigenvalue weighted by Crippen LogP contribution is -2.47. The van der Waals surface area contributed by atoms with Crippen LogP contribution in [0.3, 0.4) is 0 Å². The van der Waals surface area contributed by atoms with E-state index in [1.54, 1.807) is 5.56 Å². The molecule has 19 heavy (non-hydrogen) atoms. The lowest BCUT2D eigenvalue weighted by Gasteiger charge is -2.43. The van der Waals surface area contributed by atoms with E-state index in [-0.39, 0.29) is 0 Å². The van der Waals surface area contributed by atoms with Crippen molar-refractivity contribution in [1.29, 1.82) is 0 Å². The molecule has 3 rings (SSSR count). The molecular formula is C17H26N2. The molecular weight excluding hydrogens is 232 g/mol. The summed E-state index contributed by atoms with van der Waals surface area (Å²) in [5.41, 5.74) is 4.38. The molecule has 0 spiro atoms. The minimum atomic E-state index is 0.662. The average Bonchev–Trinajstić information content (AvgIpc) is 2.33. The van der Waals surface area contributed by atoms with Crippen LogP contribution in [0.5, 0.6) is 0 Å². The van der Waals surface area contributed by atoms with Gasteiger partial charge in [-0.3, -0.25) is 4.90 Å². The molecule has 1 saturated heterocycles. The van der Waals surface area contributed by atoms with Crippen LogP contribution >= 0.6 is 0 Å². The molecule has 1 aromatic rings. The van der Waals surface area contributed by atoms with Crippen LogP contribution in [-0.2, 0) is 0 Å². The molecule has 1 aliphatic carbocycles. The van der Waals surface area contributed by atoms with E-state index in [1.165, 1.54) is 43.5 Å². The van der Waals surface area contributed by atoms with Crippen LogP contribution < -0.4 is 5.32 Å². The van der Waals surface area contributed by atoms with Crippen LogP contribution in [0.4, 0.5) is 0 Å². The Balaban J connectivity index is 1.88. The lowest BCUT2D eigenvalue weighted by atomic mass is 9.76. The molecule has 0 radical (unpaired) electrons. The minimum Gasteiger partial charge on any atom is -0.314 e. The Bertz CT molecular complexity index is 411. The summed E-state index contributed by atoms with van der Waals surface area (Å²) in [5, 5.41) is 3.48. The van der Waals surface area contributed by atoms with Gasteiger partial charge >= 0.3 is 0 Å². The highest BCUT2D eigenvalue weighted by Crippen LogP contribution is 2.41. The average molecular weight is 258 g/mol. The quantitative estimate of drug-likeness (QED) is 0.896. The molecule has 104 valence electrons. The van der Waals surface area contributed by atoms with Gasteiger partial charge in [-0.1, -0.05) is 35.7 Å². The van der Waals surface area contributed by atoms with Crippen LogP contribution in [0.25, 0.3) is 0 Å². The van der Waals surface area contributed by atoms with Crippen LogP contribution in [0.2, 0.25) is 0 Å². The maximum Gasteiger partial charge on any atom is 0.0377 e. The highest BCUT2D eigenvalue weighted by atomic mass is 15.2. The summed E-state index contributed by atoms with van der Waals surface area (Å²) < 4.78 is 0. The zero-order chi connectivity index (χ0) is 13.2. The molecule has 1 heterocycles. The number of hydrogen-bond acceptors (Lipinski definition) is 2. The van der Waals surface area contributed by atoms with Gasteiger partial charge in [0.15, 0.2) is 0 Å². The highest BCUT2D eigenvalue weighted by Gasteiger charge is 2.33. The Morgan fingerprint density at radius 3 is 2.21 bits per heavy atom. The smallest absolute Gasteiger partial charge is 0.0377 e. The molecule has 2 fully saturated rings. The zero-order valence-electron chi connectivity index (χ0n) is 12.3. The van der Waals surface area contributed by atoms with Crippen molar-refractivity contribution < 1.29 is 0 Å². The normalized spacial score (nSPS) is 23.1.